The number of halogens is 1. The van der Waals surface area contributed by atoms with Crippen molar-refractivity contribution in [2.75, 3.05) is 0 Å². The van der Waals surface area contributed by atoms with Crippen molar-refractivity contribution in [1.29, 1.82) is 0 Å². The van der Waals surface area contributed by atoms with Crippen molar-refractivity contribution in [3.05, 3.63) is 34.3 Å². The summed E-state index contributed by atoms with van der Waals surface area (Å²) in [4.78, 5) is 11.3. The second kappa shape index (κ2) is 5.72. The monoisotopic (exact) mass is 264 g/mol. The van der Waals surface area contributed by atoms with E-state index in [0.717, 1.165) is 10.0 Å². The quantitative estimate of drug-likeness (QED) is 0.749. The number of Topliss-reactive ketones (excluding diaryl/α,β-unsaturated/α-hetero) is 1. The smallest absolute Gasteiger partial charge is 0.206 e. The second-order valence-corrected chi connectivity index (χ2v) is 4.61. The highest BCUT2D eigenvalue weighted by atomic mass is 79.9. The Bertz CT molecular complexity index is 410. The maximum atomic E-state index is 11.3. The first-order chi connectivity index (χ1) is 7.09. The fraction of sp³-hybridized carbons (Fsp3) is 0.308. The molecule has 0 aromatic heterocycles. The molecule has 0 aliphatic rings. The fourth-order valence-corrected chi connectivity index (χ4v) is 1.51. The zero-order valence-corrected chi connectivity index (χ0v) is 10.5. The van der Waals surface area contributed by atoms with Crippen LogP contribution in [0.2, 0.25) is 0 Å². The largest absolute Gasteiger partial charge is 0.285 e. The average Bonchev–Trinajstić information content (AvgIpc) is 2.15. The van der Waals surface area contributed by atoms with Crippen molar-refractivity contribution in [2.45, 2.75) is 20.3 Å². The fourth-order valence-electron chi connectivity index (χ4n) is 1.12. The lowest BCUT2D eigenvalue weighted by atomic mass is 10.1. The van der Waals surface area contributed by atoms with Crippen LogP contribution in [0.3, 0.4) is 0 Å². The Balaban J connectivity index is 2.74. The highest BCUT2D eigenvalue weighted by molar-refractivity contribution is 9.10. The molecule has 0 amide bonds. The van der Waals surface area contributed by atoms with E-state index in [1.165, 1.54) is 0 Å². The summed E-state index contributed by atoms with van der Waals surface area (Å²) in [7, 11) is 0. The molecule has 78 valence electrons. The van der Waals surface area contributed by atoms with Gasteiger partial charge in [0.25, 0.3) is 0 Å². The molecule has 0 heterocycles. The minimum atomic E-state index is 0.000697. The Labute approximate surface area is 99.0 Å². The summed E-state index contributed by atoms with van der Waals surface area (Å²) in [5.74, 6) is 5.89. The SMILES string of the molecule is CC(C)CC(=O)C#Cc1ccccc1Br. The molecule has 0 N–H and O–H groups in total. The van der Waals surface area contributed by atoms with Crippen LogP contribution in [-0.4, -0.2) is 5.78 Å². The van der Waals surface area contributed by atoms with Gasteiger partial charge in [-0.3, -0.25) is 4.79 Å². The zero-order valence-electron chi connectivity index (χ0n) is 8.88. The van der Waals surface area contributed by atoms with E-state index in [1.807, 2.05) is 38.1 Å². The Kier molecular flexibility index (Phi) is 4.58. The summed E-state index contributed by atoms with van der Waals surface area (Å²) in [6.07, 6.45) is 0.525. The zero-order chi connectivity index (χ0) is 11.3. The summed E-state index contributed by atoms with van der Waals surface area (Å²) in [5.41, 5.74) is 0.856. The molecule has 0 fully saturated rings. The van der Waals surface area contributed by atoms with E-state index in [2.05, 4.69) is 27.8 Å². The number of hydrogen-bond donors (Lipinski definition) is 0. The number of rotatable bonds is 2. The normalized spacial score (nSPS) is 9.60. The maximum absolute atomic E-state index is 11.3. The molecule has 1 rings (SSSR count). The molecule has 0 saturated carbocycles. The second-order valence-electron chi connectivity index (χ2n) is 3.75. The van der Waals surface area contributed by atoms with Gasteiger partial charge in [0.05, 0.1) is 0 Å². The molecular formula is C13H13BrO. The van der Waals surface area contributed by atoms with Crippen molar-refractivity contribution in [2.24, 2.45) is 5.92 Å². The van der Waals surface area contributed by atoms with E-state index in [4.69, 9.17) is 0 Å². The van der Waals surface area contributed by atoms with Crippen LogP contribution in [0, 0.1) is 17.8 Å². The first kappa shape index (κ1) is 12.0. The van der Waals surface area contributed by atoms with E-state index >= 15 is 0 Å². The van der Waals surface area contributed by atoms with Crippen LogP contribution in [-0.2, 0) is 4.79 Å². The van der Waals surface area contributed by atoms with E-state index in [9.17, 15) is 4.79 Å². The summed E-state index contributed by atoms with van der Waals surface area (Å²) in [6.45, 7) is 4.02. The van der Waals surface area contributed by atoms with Crippen LogP contribution >= 0.6 is 15.9 Å². The van der Waals surface area contributed by atoms with Gasteiger partial charge in [-0.25, -0.2) is 0 Å². The van der Waals surface area contributed by atoms with Crippen molar-refractivity contribution in [3.63, 3.8) is 0 Å². The number of carbonyl (C=O) groups excluding carboxylic acids is 1. The van der Waals surface area contributed by atoms with Crippen LogP contribution in [0.5, 0.6) is 0 Å². The highest BCUT2D eigenvalue weighted by Gasteiger charge is 2.00. The molecule has 0 aliphatic carbocycles. The molecular weight excluding hydrogens is 252 g/mol. The standard InChI is InChI=1S/C13H13BrO/c1-10(2)9-12(15)8-7-11-5-3-4-6-13(11)14/h3-6,10H,9H2,1-2H3. The number of hydrogen-bond acceptors (Lipinski definition) is 1. The van der Waals surface area contributed by atoms with Gasteiger partial charge in [-0.05, 0) is 39.9 Å². The van der Waals surface area contributed by atoms with Crippen LogP contribution in [0.25, 0.3) is 0 Å². The third kappa shape index (κ3) is 4.31. The van der Waals surface area contributed by atoms with Crippen LogP contribution in [0.15, 0.2) is 28.7 Å². The molecule has 0 atom stereocenters. The van der Waals surface area contributed by atoms with Crippen LogP contribution < -0.4 is 0 Å². The number of carbonyl (C=O) groups is 1. The molecule has 0 aliphatic heterocycles. The first-order valence-corrected chi connectivity index (χ1v) is 5.68. The molecule has 1 nitrogen and oxygen atoms in total. The third-order valence-corrected chi connectivity index (χ3v) is 2.50. The van der Waals surface area contributed by atoms with Crippen LogP contribution in [0.4, 0.5) is 0 Å². The van der Waals surface area contributed by atoms with Gasteiger partial charge >= 0.3 is 0 Å². The minimum absolute atomic E-state index is 0.000697. The lowest BCUT2D eigenvalue weighted by molar-refractivity contribution is -0.114. The van der Waals surface area contributed by atoms with Gasteiger partial charge < -0.3 is 0 Å². The predicted molar refractivity (Wildman–Crippen MR) is 65.5 cm³/mol. The van der Waals surface area contributed by atoms with Gasteiger partial charge in [-0.15, -0.1) is 0 Å². The molecule has 15 heavy (non-hydrogen) atoms. The molecule has 1 aromatic carbocycles. The van der Waals surface area contributed by atoms with E-state index in [0.29, 0.717) is 12.3 Å². The highest BCUT2D eigenvalue weighted by Crippen LogP contribution is 2.14. The molecule has 0 bridgehead atoms. The molecule has 0 spiro atoms. The summed E-state index contributed by atoms with van der Waals surface area (Å²) < 4.78 is 0.926. The van der Waals surface area contributed by atoms with Gasteiger partial charge in [-0.1, -0.05) is 31.9 Å². The van der Waals surface area contributed by atoms with Crippen LogP contribution in [0.1, 0.15) is 25.8 Å². The summed E-state index contributed by atoms with van der Waals surface area (Å²) in [6, 6.07) is 7.63. The van der Waals surface area contributed by atoms with Gasteiger partial charge in [0, 0.05) is 16.5 Å². The van der Waals surface area contributed by atoms with Gasteiger partial charge in [-0.2, -0.15) is 0 Å². The Hall–Kier alpha value is -1.07. The van der Waals surface area contributed by atoms with Crippen molar-refractivity contribution < 1.29 is 4.79 Å². The van der Waals surface area contributed by atoms with Gasteiger partial charge in [0.2, 0.25) is 5.78 Å². The van der Waals surface area contributed by atoms with E-state index < -0.39 is 0 Å². The summed E-state index contributed by atoms with van der Waals surface area (Å²) in [5, 5.41) is 0. The lowest BCUT2D eigenvalue weighted by Crippen LogP contribution is -1.99. The molecule has 0 unspecified atom stereocenters. The van der Waals surface area contributed by atoms with Crippen molar-refractivity contribution in [3.8, 4) is 11.8 Å². The molecule has 1 aromatic rings. The van der Waals surface area contributed by atoms with Crippen molar-refractivity contribution >= 4 is 21.7 Å². The molecule has 0 saturated heterocycles. The molecule has 2 heteroatoms. The van der Waals surface area contributed by atoms with Crippen molar-refractivity contribution in [1.82, 2.24) is 0 Å². The van der Waals surface area contributed by atoms with E-state index in [-0.39, 0.29) is 5.78 Å². The lowest BCUT2D eigenvalue weighted by Gasteiger charge is -1.96. The third-order valence-electron chi connectivity index (χ3n) is 1.80. The van der Waals surface area contributed by atoms with Gasteiger partial charge in [0.15, 0.2) is 0 Å². The Morgan fingerprint density at radius 1 is 1.40 bits per heavy atom. The topological polar surface area (TPSA) is 17.1 Å². The van der Waals surface area contributed by atoms with E-state index in [1.54, 1.807) is 0 Å². The average molecular weight is 265 g/mol. The predicted octanol–water partition coefficient (Wildman–Crippen LogP) is 3.42. The summed E-state index contributed by atoms with van der Waals surface area (Å²) >= 11 is 3.38. The maximum Gasteiger partial charge on any atom is 0.206 e. The number of ketones is 1. The number of benzene rings is 1. The van der Waals surface area contributed by atoms with Gasteiger partial charge in [0.1, 0.15) is 0 Å². The first-order valence-electron chi connectivity index (χ1n) is 4.89. The Morgan fingerprint density at radius 3 is 2.67 bits per heavy atom. The Morgan fingerprint density at radius 2 is 2.07 bits per heavy atom. The minimum Gasteiger partial charge on any atom is -0.285 e. The molecule has 0 radical (unpaired) electrons.